The molecule has 6 N–H and O–H groups in total. The third kappa shape index (κ3) is 5.82. The maximum absolute atomic E-state index is 10.9. The lowest BCUT2D eigenvalue weighted by molar-refractivity contribution is -0.141. The molecule has 0 aromatic heterocycles. The zero-order valence-electron chi connectivity index (χ0n) is 9.02. The summed E-state index contributed by atoms with van der Waals surface area (Å²) < 4.78 is 0. The molecule has 0 aliphatic rings. The van der Waals surface area contributed by atoms with E-state index in [4.69, 9.17) is 22.1 Å². The van der Waals surface area contributed by atoms with Gasteiger partial charge in [-0.1, -0.05) is 6.42 Å². The van der Waals surface area contributed by atoms with Crippen LogP contribution in [0.5, 0.6) is 0 Å². The second-order valence-corrected chi connectivity index (χ2v) is 3.36. The standard InChI is InChI=1S/C9H17N5O2/c10-5-3-1-2-4-7(9(15)16)6-8(13-11)14-12/h7H,1-4,6,11-12H2,(H,13,14)(H,15,16). The van der Waals surface area contributed by atoms with Crippen LogP contribution >= 0.6 is 0 Å². The van der Waals surface area contributed by atoms with Crippen LogP contribution in [0.25, 0.3) is 0 Å². The summed E-state index contributed by atoms with van der Waals surface area (Å²) in [6.07, 6.45) is 2.49. The molecular formula is C9H17N5O2. The van der Waals surface area contributed by atoms with Crippen LogP contribution in [0.15, 0.2) is 5.10 Å². The Kier molecular flexibility index (Phi) is 7.53. The minimum Gasteiger partial charge on any atom is -0.481 e. The van der Waals surface area contributed by atoms with Crippen LogP contribution in [-0.2, 0) is 4.79 Å². The molecule has 16 heavy (non-hydrogen) atoms. The lowest BCUT2D eigenvalue weighted by Crippen LogP contribution is -2.34. The average molecular weight is 227 g/mol. The highest BCUT2D eigenvalue weighted by molar-refractivity contribution is 5.85. The van der Waals surface area contributed by atoms with E-state index in [2.05, 4.69) is 10.5 Å². The van der Waals surface area contributed by atoms with Gasteiger partial charge in [-0.25, -0.2) is 5.84 Å². The van der Waals surface area contributed by atoms with Crippen molar-refractivity contribution in [1.29, 1.82) is 5.26 Å². The van der Waals surface area contributed by atoms with E-state index < -0.39 is 11.9 Å². The summed E-state index contributed by atoms with van der Waals surface area (Å²) in [6, 6.07) is 2.01. The minimum atomic E-state index is -0.909. The largest absolute Gasteiger partial charge is 0.481 e. The van der Waals surface area contributed by atoms with Gasteiger partial charge >= 0.3 is 5.97 Å². The van der Waals surface area contributed by atoms with E-state index in [-0.39, 0.29) is 12.3 Å². The molecule has 1 atom stereocenters. The van der Waals surface area contributed by atoms with Gasteiger partial charge in [-0.05, 0) is 12.8 Å². The number of carbonyl (C=O) groups is 1. The van der Waals surface area contributed by atoms with Gasteiger partial charge in [0.15, 0.2) is 0 Å². The molecule has 0 amide bonds. The third-order valence-electron chi connectivity index (χ3n) is 2.20. The van der Waals surface area contributed by atoms with Crippen molar-refractivity contribution >= 4 is 11.8 Å². The zero-order valence-corrected chi connectivity index (χ0v) is 9.02. The molecule has 7 nitrogen and oxygen atoms in total. The number of nitrogens with one attached hydrogen (secondary N) is 1. The number of hydrogen-bond acceptors (Lipinski definition) is 5. The number of hydrazine groups is 1. The SMILES string of the molecule is N#CCCCCC(C/C(=N/N)NN)C(=O)O. The molecule has 7 heteroatoms. The number of rotatable bonds is 7. The molecule has 0 rings (SSSR count). The number of amidine groups is 1. The number of carboxylic acids is 1. The highest BCUT2D eigenvalue weighted by Gasteiger charge is 2.19. The second-order valence-electron chi connectivity index (χ2n) is 3.36. The van der Waals surface area contributed by atoms with Crippen LogP contribution in [-0.4, -0.2) is 16.9 Å². The maximum atomic E-state index is 10.9. The molecule has 0 heterocycles. The molecule has 0 fully saturated rings. The van der Waals surface area contributed by atoms with Crippen molar-refractivity contribution in [2.24, 2.45) is 22.7 Å². The molecule has 0 aliphatic heterocycles. The number of hydrazone groups is 1. The minimum absolute atomic E-state index is 0.175. The van der Waals surface area contributed by atoms with Gasteiger partial charge < -0.3 is 16.4 Å². The monoisotopic (exact) mass is 227 g/mol. The number of carboxylic acid groups (broad SMARTS) is 1. The van der Waals surface area contributed by atoms with Crippen LogP contribution < -0.4 is 17.1 Å². The molecule has 0 aromatic rings. The summed E-state index contributed by atoms with van der Waals surface area (Å²) in [5.41, 5.74) is 2.25. The predicted molar refractivity (Wildman–Crippen MR) is 58.8 cm³/mol. The summed E-state index contributed by atoms with van der Waals surface area (Å²) in [7, 11) is 0. The Labute approximate surface area is 94.1 Å². The van der Waals surface area contributed by atoms with Gasteiger partial charge in [-0.15, -0.1) is 0 Å². The number of hydrogen-bond donors (Lipinski definition) is 4. The van der Waals surface area contributed by atoms with Gasteiger partial charge in [0.1, 0.15) is 5.84 Å². The van der Waals surface area contributed by atoms with Crippen LogP contribution in [0.4, 0.5) is 0 Å². The fraction of sp³-hybridized carbons (Fsp3) is 0.667. The highest BCUT2D eigenvalue weighted by Crippen LogP contribution is 2.14. The van der Waals surface area contributed by atoms with Gasteiger partial charge in [0.25, 0.3) is 0 Å². The first-order valence-corrected chi connectivity index (χ1v) is 4.98. The Hall–Kier alpha value is -1.81. The Bertz CT molecular complexity index is 284. The van der Waals surface area contributed by atoms with Crippen molar-refractivity contribution in [2.75, 3.05) is 0 Å². The molecular weight excluding hydrogens is 210 g/mol. The van der Waals surface area contributed by atoms with Gasteiger partial charge in [0, 0.05) is 12.8 Å². The predicted octanol–water partition coefficient (Wildman–Crippen LogP) is -0.103. The summed E-state index contributed by atoms with van der Waals surface area (Å²) >= 11 is 0. The number of aliphatic carboxylic acids is 1. The number of unbranched alkanes of at least 4 members (excludes halogenated alkanes) is 2. The van der Waals surface area contributed by atoms with E-state index in [0.29, 0.717) is 25.7 Å². The van der Waals surface area contributed by atoms with Crippen molar-refractivity contribution in [2.45, 2.75) is 32.1 Å². The molecule has 90 valence electrons. The van der Waals surface area contributed by atoms with Crippen LogP contribution in [0.2, 0.25) is 0 Å². The number of nitrogens with zero attached hydrogens (tertiary/aromatic N) is 2. The first-order chi connectivity index (χ1) is 7.65. The van der Waals surface area contributed by atoms with E-state index in [1.54, 1.807) is 0 Å². The lowest BCUT2D eigenvalue weighted by Gasteiger charge is -2.12. The molecule has 0 saturated heterocycles. The van der Waals surface area contributed by atoms with Crippen LogP contribution in [0, 0.1) is 17.2 Å². The van der Waals surface area contributed by atoms with E-state index >= 15 is 0 Å². The Morgan fingerprint density at radius 3 is 2.69 bits per heavy atom. The van der Waals surface area contributed by atoms with Crippen molar-refractivity contribution < 1.29 is 9.90 Å². The Morgan fingerprint density at radius 1 is 1.56 bits per heavy atom. The van der Waals surface area contributed by atoms with E-state index in [1.807, 2.05) is 6.07 Å². The van der Waals surface area contributed by atoms with Crippen LogP contribution in [0.3, 0.4) is 0 Å². The topological polar surface area (TPSA) is 138 Å². The van der Waals surface area contributed by atoms with Crippen molar-refractivity contribution in [3.8, 4) is 6.07 Å². The zero-order chi connectivity index (χ0) is 12.4. The van der Waals surface area contributed by atoms with E-state index in [1.165, 1.54) is 0 Å². The first kappa shape index (κ1) is 14.2. The lowest BCUT2D eigenvalue weighted by atomic mass is 9.97. The Morgan fingerprint density at radius 2 is 2.25 bits per heavy atom. The highest BCUT2D eigenvalue weighted by atomic mass is 16.4. The third-order valence-corrected chi connectivity index (χ3v) is 2.20. The van der Waals surface area contributed by atoms with Gasteiger partial charge in [0.05, 0.1) is 12.0 Å². The summed E-state index contributed by atoms with van der Waals surface area (Å²) in [5.74, 6) is 8.90. The fourth-order valence-electron chi connectivity index (χ4n) is 1.29. The molecule has 1 unspecified atom stereocenters. The molecule has 0 bridgehead atoms. The maximum Gasteiger partial charge on any atom is 0.306 e. The smallest absolute Gasteiger partial charge is 0.306 e. The number of nitrogens with two attached hydrogens (primary N) is 2. The van der Waals surface area contributed by atoms with Gasteiger partial charge in [-0.2, -0.15) is 10.4 Å². The molecule has 0 spiro atoms. The van der Waals surface area contributed by atoms with Crippen molar-refractivity contribution in [3.63, 3.8) is 0 Å². The van der Waals surface area contributed by atoms with E-state index in [9.17, 15) is 4.79 Å². The molecule has 0 saturated carbocycles. The number of nitriles is 1. The average Bonchev–Trinajstić information content (AvgIpc) is 2.28. The van der Waals surface area contributed by atoms with Crippen LogP contribution in [0.1, 0.15) is 32.1 Å². The normalized spacial score (nSPS) is 12.9. The first-order valence-electron chi connectivity index (χ1n) is 4.98. The van der Waals surface area contributed by atoms with E-state index in [0.717, 1.165) is 0 Å². The van der Waals surface area contributed by atoms with Gasteiger partial charge in [-0.3, -0.25) is 4.79 Å². The van der Waals surface area contributed by atoms with Gasteiger partial charge in [0.2, 0.25) is 0 Å². The molecule has 0 aliphatic carbocycles. The summed E-state index contributed by atoms with van der Waals surface area (Å²) in [6.45, 7) is 0. The second kappa shape index (κ2) is 8.49. The summed E-state index contributed by atoms with van der Waals surface area (Å²) in [4.78, 5) is 10.9. The fourth-order valence-corrected chi connectivity index (χ4v) is 1.29. The van der Waals surface area contributed by atoms with Crippen molar-refractivity contribution in [3.05, 3.63) is 0 Å². The van der Waals surface area contributed by atoms with Crippen molar-refractivity contribution in [1.82, 2.24) is 5.43 Å². The molecule has 0 radical (unpaired) electrons. The quantitative estimate of drug-likeness (QED) is 0.157. The summed E-state index contributed by atoms with van der Waals surface area (Å²) in [5, 5.41) is 20.6. The Balaban J connectivity index is 4.09. The molecule has 0 aromatic carbocycles.